The van der Waals surface area contributed by atoms with Crippen molar-refractivity contribution in [3.8, 4) is 0 Å². The van der Waals surface area contributed by atoms with E-state index in [2.05, 4.69) is 12.1 Å². The van der Waals surface area contributed by atoms with Crippen molar-refractivity contribution >= 4 is 17.9 Å². The number of likely N-dealkylation sites (tertiary alicyclic amines) is 1. The molecule has 2 heterocycles. The molecule has 31 heavy (non-hydrogen) atoms. The zero-order valence-corrected chi connectivity index (χ0v) is 19.0. The van der Waals surface area contributed by atoms with Gasteiger partial charge in [-0.25, -0.2) is 4.79 Å². The fourth-order valence-electron chi connectivity index (χ4n) is 4.20. The van der Waals surface area contributed by atoms with Gasteiger partial charge in [0.25, 0.3) is 0 Å². The van der Waals surface area contributed by atoms with Crippen LogP contribution in [0.4, 0.5) is 4.79 Å². The Kier molecular flexibility index (Phi) is 7.57. The van der Waals surface area contributed by atoms with E-state index >= 15 is 0 Å². The van der Waals surface area contributed by atoms with Crippen molar-refractivity contribution in [3.63, 3.8) is 0 Å². The molecule has 2 fully saturated rings. The number of piperazine rings is 1. The number of rotatable bonds is 5. The Bertz CT molecular complexity index is 767. The maximum atomic E-state index is 13.1. The van der Waals surface area contributed by atoms with Gasteiger partial charge in [0.05, 0.1) is 0 Å². The highest BCUT2D eigenvalue weighted by Gasteiger charge is 2.39. The Morgan fingerprint density at radius 1 is 0.968 bits per heavy atom. The van der Waals surface area contributed by atoms with Crippen molar-refractivity contribution < 1.29 is 19.1 Å². The quantitative estimate of drug-likeness (QED) is 0.721. The second-order valence-electron chi connectivity index (χ2n) is 9.38. The fourth-order valence-corrected chi connectivity index (χ4v) is 4.20. The maximum Gasteiger partial charge on any atom is 0.410 e. The van der Waals surface area contributed by atoms with Crippen molar-refractivity contribution in [1.82, 2.24) is 14.7 Å². The van der Waals surface area contributed by atoms with E-state index in [1.807, 2.05) is 43.9 Å². The molecule has 1 unspecified atom stereocenters. The molecule has 0 spiro atoms. The first-order chi connectivity index (χ1) is 14.7. The normalized spacial score (nSPS) is 19.5. The Balaban J connectivity index is 1.44. The van der Waals surface area contributed by atoms with Crippen LogP contribution in [0.1, 0.15) is 52.0 Å². The predicted molar refractivity (Wildman–Crippen MR) is 119 cm³/mol. The van der Waals surface area contributed by atoms with E-state index in [0.29, 0.717) is 45.6 Å². The number of benzene rings is 1. The number of aryl methyl sites for hydroxylation is 1. The van der Waals surface area contributed by atoms with Gasteiger partial charge in [0.2, 0.25) is 11.8 Å². The second-order valence-corrected chi connectivity index (χ2v) is 9.38. The highest BCUT2D eigenvalue weighted by molar-refractivity contribution is 5.86. The molecule has 3 amide bonds. The molecule has 0 radical (unpaired) electrons. The van der Waals surface area contributed by atoms with Crippen LogP contribution in [0.5, 0.6) is 0 Å². The summed E-state index contributed by atoms with van der Waals surface area (Å²) in [5, 5.41) is 0. The summed E-state index contributed by atoms with van der Waals surface area (Å²) in [4.78, 5) is 43.3. The van der Waals surface area contributed by atoms with Crippen molar-refractivity contribution in [1.29, 1.82) is 0 Å². The van der Waals surface area contributed by atoms with Gasteiger partial charge < -0.3 is 14.5 Å². The predicted octanol–water partition coefficient (Wildman–Crippen LogP) is 3.08. The van der Waals surface area contributed by atoms with Crippen LogP contribution in [0.15, 0.2) is 30.3 Å². The van der Waals surface area contributed by atoms with Crippen molar-refractivity contribution in [2.45, 2.75) is 64.5 Å². The highest BCUT2D eigenvalue weighted by atomic mass is 16.6. The average Bonchev–Trinajstić information content (AvgIpc) is 3.23. The molecule has 0 bridgehead atoms. The molecule has 2 aliphatic rings. The third-order valence-corrected chi connectivity index (χ3v) is 5.81. The number of hydrogen-bond acceptors (Lipinski definition) is 4. The molecule has 1 aromatic rings. The van der Waals surface area contributed by atoms with Crippen molar-refractivity contribution in [2.75, 3.05) is 32.7 Å². The smallest absolute Gasteiger partial charge is 0.410 e. The average molecular weight is 430 g/mol. The lowest BCUT2D eigenvalue weighted by molar-refractivity contribution is -0.142. The molecule has 1 atom stereocenters. The SMILES string of the molecule is CC(C)(C)OC(=O)N1CCCC1C(=O)N1CCN(C(=O)CCCc2ccccc2)CC1. The summed E-state index contributed by atoms with van der Waals surface area (Å²) in [5.74, 6) is 0.124. The minimum absolute atomic E-state index is 0.0282. The summed E-state index contributed by atoms with van der Waals surface area (Å²) < 4.78 is 5.47. The van der Waals surface area contributed by atoms with Crippen LogP contribution in [0.3, 0.4) is 0 Å². The van der Waals surface area contributed by atoms with Crippen LogP contribution in [0, 0.1) is 0 Å². The van der Waals surface area contributed by atoms with Crippen LogP contribution < -0.4 is 0 Å². The van der Waals surface area contributed by atoms with Crippen LogP contribution in [-0.4, -0.2) is 77.0 Å². The largest absolute Gasteiger partial charge is 0.444 e. The molecule has 2 saturated heterocycles. The van der Waals surface area contributed by atoms with E-state index in [-0.39, 0.29) is 11.8 Å². The second kappa shape index (κ2) is 10.2. The van der Waals surface area contributed by atoms with Gasteiger partial charge in [-0.3, -0.25) is 14.5 Å². The van der Waals surface area contributed by atoms with Crippen molar-refractivity contribution in [3.05, 3.63) is 35.9 Å². The van der Waals surface area contributed by atoms with Gasteiger partial charge in [-0.2, -0.15) is 0 Å². The third kappa shape index (κ3) is 6.45. The first-order valence-corrected chi connectivity index (χ1v) is 11.3. The summed E-state index contributed by atoms with van der Waals surface area (Å²) >= 11 is 0. The van der Waals surface area contributed by atoms with E-state index in [9.17, 15) is 14.4 Å². The molecule has 7 nitrogen and oxygen atoms in total. The summed E-state index contributed by atoms with van der Waals surface area (Å²) in [6.07, 6.45) is 3.29. The van der Waals surface area contributed by atoms with E-state index in [1.54, 1.807) is 9.80 Å². The topological polar surface area (TPSA) is 70.2 Å². The van der Waals surface area contributed by atoms with E-state index in [1.165, 1.54) is 5.56 Å². The lowest BCUT2D eigenvalue weighted by Gasteiger charge is -2.37. The summed E-state index contributed by atoms with van der Waals surface area (Å²) in [7, 11) is 0. The Morgan fingerprint density at radius 2 is 1.61 bits per heavy atom. The highest BCUT2D eigenvalue weighted by Crippen LogP contribution is 2.23. The first kappa shape index (κ1) is 23.1. The minimum Gasteiger partial charge on any atom is -0.444 e. The van der Waals surface area contributed by atoms with Gasteiger partial charge in [0.15, 0.2) is 0 Å². The van der Waals surface area contributed by atoms with Crippen LogP contribution >= 0.6 is 0 Å². The standard InChI is InChI=1S/C24H35N3O4/c1-24(2,3)31-23(30)27-14-8-12-20(27)22(29)26-17-15-25(16-18-26)21(28)13-7-11-19-9-5-4-6-10-19/h4-6,9-10,20H,7-8,11-18H2,1-3H3. The zero-order chi connectivity index (χ0) is 22.4. The number of ether oxygens (including phenoxy) is 1. The first-order valence-electron chi connectivity index (χ1n) is 11.3. The van der Waals surface area contributed by atoms with Gasteiger partial charge in [-0.1, -0.05) is 30.3 Å². The van der Waals surface area contributed by atoms with E-state index < -0.39 is 17.7 Å². The van der Waals surface area contributed by atoms with Crippen molar-refractivity contribution in [2.24, 2.45) is 0 Å². The Morgan fingerprint density at radius 3 is 2.26 bits per heavy atom. The molecular formula is C24H35N3O4. The number of nitrogens with zero attached hydrogens (tertiary/aromatic N) is 3. The molecule has 0 aromatic heterocycles. The number of carbonyl (C=O) groups is 3. The zero-order valence-electron chi connectivity index (χ0n) is 19.0. The lowest BCUT2D eigenvalue weighted by Crippen LogP contribution is -2.55. The lowest BCUT2D eigenvalue weighted by atomic mass is 10.1. The maximum absolute atomic E-state index is 13.1. The van der Waals surface area contributed by atoms with Gasteiger partial charge in [-0.05, 0) is 52.0 Å². The van der Waals surface area contributed by atoms with Crippen LogP contribution in [-0.2, 0) is 20.7 Å². The molecule has 2 aliphatic heterocycles. The Hall–Kier alpha value is -2.57. The minimum atomic E-state index is -0.584. The molecule has 0 saturated carbocycles. The molecule has 7 heteroatoms. The van der Waals surface area contributed by atoms with Gasteiger partial charge in [0, 0.05) is 39.1 Å². The van der Waals surface area contributed by atoms with Crippen LogP contribution in [0.2, 0.25) is 0 Å². The monoisotopic (exact) mass is 429 g/mol. The van der Waals surface area contributed by atoms with Gasteiger partial charge >= 0.3 is 6.09 Å². The van der Waals surface area contributed by atoms with E-state index in [0.717, 1.165) is 19.3 Å². The molecule has 170 valence electrons. The number of amides is 3. The van der Waals surface area contributed by atoms with Crippen LogP contribution in [0.25, 0.3) is 0 Å². The van der Waals surface area contributed by atoms with Gasteiger partial charge in [0.1, 0.15) is 11.6 Å². The van der Waals surface area contributed by atoms with Gasteiger partial charge in [-0.15, -0.1) is 0 Å². The summed E-state index contributed by atoms with van der Waals surface area (Å²) in [6, 6.07) is 9.73. The molecule has 0 aliphatic carbocycles. The summed E-state index contributed by atoms with van der Waals surface area (Å²) in [6.45, 7) is 8.16. The molecule has 0 N–H and O–H groups in total. The number of carbonyl (C=O) groups excluding carboxylic acids is 3. The molecule has 3 rings (SSSR count). The molecule has 1 aromatic carbocycles. The fraction of sp³-hybridized carbons (Fsp3) is 0.625. The Labute approximate surface area is 185 Å². The number of hydrogen-bond donors (Lipinski definition) is 0. The third-order valence-electron chi connectivity index (χ3n) is 5.81. The summed E-state index contributed by atoms with van der Waals surface area (Å²) in [5.41, 5.74) is 0.663. The molecular weight excluding hydrogens is 394 g/mol. The van der Waals surface area contributed by atoms with E-state index in [4.69, 9.17) is 4.74 Å².